The Hall–Kier alpha value is -5.27. The third kappa shape index (κ3) is 9.48. The maximum absolute atomic E-state index is 14.5. The summed E-state index contributed by atoms with van der Waals surface area (Å²) in [5.41, 5.74) is -1.75. The van der Waals surface area contributed by atoms with Crippen LogP contribution >= 0.6 is 0 Å². The molecule has 310 valence electrons. The molecule has 3 aliphatic heterocycles. The second kappa shape index (κ2) is 15.9. The summed E-state index contributed by atoms with van der Waals surface area (Å²) < 4.78 is 58.0. The van der Waals surface area contributed by atoms with E-state index in [9.17, 15) is 46.4 Å². The van der Waals surface area contributed by atoms with Gasteiger partial charge in [0.1, 0.15) is 35.1 Å². The second-order valence-electron chi connectivity index (χ2n) is 16.0. The number of sulfonamides is 1. The molecule has 57 heavy (non-hydrogen) atoms. The Morgan fingerprint density at radius 3 is 2.46 bits per heavy atom. The van der Waals surface area contributed by atoms with Crippen LogP contribution in [0.2, 0.25) is 0 Å². The van der Waals surface area contributed by atoms with E-state index >= 15 is 0 Å². The first-order valence-electron chi connectivity index (χ1n) is 18.8. The number of halogens is 1. The van der Waals surface area contributed by atoms with Crippen molar-refractivity contribution in [2.45, 2.75) is 119 Å². The van der Waals surface area contributed by atoms with Crippen LogP contribution in [0.4, 0.5) is 14.0 Å². The number of likely N-dealkylation sites (tertiary alicyclic amines) is 1. The molecule has 0 spiro atoms. The van der Waals surface area contributed by atoms with Gasteiger partial charge in [0.05, 0.1) is 18.3 Å². The largest absolute Gasteiger partial charge is 0.452 e. The number of nitrogens with zero attached hydrogens (tertiary/aromatic N) is 2. The fourth-order valence-corrected chi connectivity index (χ4v) is 8.56. The normalized spacial score (nSPS) is 25.7. The van der Waals surface area contributed by atoms with Crippen molar-refractivity contribution in [3.63, 3.8) is 0 Å². The number of hydrogen-bond acceptors (Lipinski definition) is 12. The molecule has 6 rings (SSSR count). The van der Waals surface area contributed by atoms with E-state index < -0.39 is 104 Å². The number of benzene rings is 1. The molecule has 20 heteroatoms. The fraction of sp³-hybridized carbons (Fsp3) is 0.595. The van der Waals surface area contributed by atoms with Gasteiger partial charge in [0.25, 0.3) is 11.8 Å². The Bertz CT molecular complexity index is 1970. The van der Waals surface area contributed by atoms with Crippen LogP contribution in [0.15, 0.2) is 30.9 Å². The highest BCUT2D eigenvalue weighted by atomic mass is 32.2. The lowest BCUT2D eigenvalue weighted by Crippen LogP contribution is -2.58. The lowest BCUT2D eigenvalue weighted by atomic mass is 10.1. The Morgan fingerprint density at radius 1 is 1.11 bits per heavy atom. The van der Waals surface area contributed by atoms with Crippen LogP contribution in [0, 0.1) is 11.7 Å². The van der Waals surface area contributed by atoms with Crippen molar-refractivity contribution in [2.75, 3.05) is 13.1 Å². The monoisotopic (exact) mass is 818 g/mol. The molecule has 1 aromatic rings. The van der Waals surface area contributed by atoms with Crippen molar-refractivity contribution >= 4 is 51.8 Å². The van der Waals surface area contributed by atoms with Gasteiger partial charge >= 0.3 is 18.2 Å². The Kier molecular flexibility index (Phi) is 11.6. The van der Waals surface area contributed by atoms with Gasteiger partial charge in [0, 0.05) is 43.8 Å². The average molecular weight is 819 g/mol. The van der Waals surface area contributed by atoms with Crippen LogP contribution in [-0.4, -0.2) is 114 Å². The predicted octanol–water partition coefficient (Wildman–Crippen LogP) is 1.02. The molecule has 1 aromatic carbocycles. The van der Waals surface area contributed by atoms with Gasteiger partial charge in [-0.05, 0) is 58.1 Å². The maximum Gasteiger partial charge on any atom is 0.410 e. The number of ether oxygens (including phenoxy) is 3. The van der Waals surface area contributed by atoms with Gasteiger partial charge in [-0.3, -0.25) is 33.6 Å². The van der Waals surface area contributed by atoms with Crippen molar-refractivity contribution < 1.29 is 60.6 Å². The van der Waals surface area contributed by atoms with E-state index in [-0.39, 0.29) is 58.3 Å². The van der Waals surface area contributed by atoms with E-state index in [1.165, 1.54) is 23.1 Å². The fourth-order valence-electron chi connectivity index (χ4n) is 7.19. The molecular weight excluding hydrogens is 772 g/mol. The van der Waals surface area contributed by atoms with Gasteiger partial charge in [0.15, 0.2) is 6.10 Å². The second-order valence-corrected chi connectivity index (χ2v) is 17.9. The number of carbonyl (C=O) groups is 7. The number of nitrogens with one attached hydrogen (secondary N) is 4. The zero-order chi connectivity index (χ0) is 41.4. The number of hydrogen-bond donors (Lipinski definition) is 4. The molecule has 2 aliphatic carbocycles. The first-order valence-corrected chi connectivity index (χ1v) is 20.3. The minimum atomic E-state index is -3.99. The molecule has 6 amide bonds. The highest BCUT2D eigenvalue weighted by Gasteiger charge is 2.62. The summed E-state index contributed by atoms with van der Waals surface area (Å²) in [5.74, 6) is -4.92. The molecule has 5 aliphatic rings. The zero-order valence-corrected chi connectivity index (χ0v) is 32.7. The summed E-state index contributed by atoms with van der Waals surface area (Å²) in [4.78, 5) is 95.0. The van der Waals surface area contributed by atoms with E-state index in [1.807, 2.05) is 0 Å². The zero-order valence-electron chi connectivity index (χ0n) is 31.8. The predicted molar refractivity (Wildman–Crippen MR) is 195 cm³/mol. The van der Waals surface area contributed by atoms with Crippen molar-refractivity contribution in [3.05, 3.63) is 47.8 Å². The lowest BCUT2D eigenvalue weighted by molar-refractivity contribution is -0.148. The Morgan fingerprint density at radius 2 is 1.84 bits per heavy atom. The number of rotatable bonds is 13. The number of cyclic esters (lactones) is 1. The molecule has 2 saturated carbocycles. The lowest BCUT2D eigenvalue weighted by Gasteiger charge is -2.30. The molecule has 0 radical (unpaired) electrons. The van der Waals surface area contributed by atoms with E-state index in [4.69, 9.17) is 14.2 Å². The summed E-state index contributed by atoms with van der Waals surface area (Å²) in [6, 6.07) is 1.65. The number of carbonyl (C=O) groups excluding carboxylic acids is 7. The first kappa shape index (κ1) is 41.4. The third-order valence-corrected chi connectivity index (χ3v) is 12.3. The molecule has 4 fully saturated rings. The van der Waals surface area contributed by atoms with Gasteiger partial charge < -0.3 is 35.1 Å². The molecule has 0 aromatic heterocycles. The Labute approximate surface area is 328 Å². The molecule has 6 atom stereocenters. The molecular formula is C37H47FN6O12S. The summed E-state index contributed by atoms with van der Waals surface area (Å²) in [5, 5.41) is 7.00. The summed E-state index contributed by atoms with van der Waals surface area (Å²) in [6.45, 7) is 7.97. The van der Waals surface area contributed by atoms with Gasteiger partial charge in [-0.25, -0.2) is 22.4 Å². The standard InChI is InChI=1S/C37H47FN6O12S/c1-5-21-16-37(21,33(49)42-57(52,53)23-9-10-23)41-30(46)27-15-22(54-35(51)43-17-20-7-6-8-25(38)24(20)19-43)18-44(27)32(48)26(40-34(50)56-36(2,3)4)13-14-39-31(47)28-11-12-29(45)55-28/h5-8,21-23,26-28H,1,9-19H2,2-4H3,(H,39,47)(H,40,50)(H,41,46)(H,42,49)/t21?,22-,26+,27+,28-,37-/m1/s1. The smallest absolute Gasteiger partial charge is 0.410 e. The number of alkyl carbamates (subject to hydrolysis) is 1. The Balaban J connectivity index is 1.22. The highest BCUT2D eigenvalue weighted by molar-refractivity contribution is 7.91. The maximum atomic E-state index is 14.5. The van der Waals surface area contributed by atoms with Crippen LogP contribution in [0.5, 0.6) is 0 Å². The minimum absolute atomic E-state index is 0.0260. The molecule has 1 unspecified atom stereocenters. The van der Waals surface area contributed by atoms with Crippen molar-refractivity contribution in [1.29, 1.82) is 0 Å². The van der Waals surface area contributed by atoms with Crippen LogP contribution in [-0.2, 0) is 61.3 Å². The topological polar surface area (TPSA) is 236 Å². The molecule has 3 heterocycles. The highest BCUT2D eigenvalue weighted by Crippen LogP contribution is 2.45. The summed E-state index contributed by atoms with van der Waals surface area (Å²) in [7, 11) is -3.99. The SMILES string of the molecule is C=CC1C[C@]1(NC(=O)[C@@H]1C[C@@H](OC(=O)N2Cc3cccc(F)c3C2)CN1C(=O)[C@H](CCNC(=O)[C@H]1CCC(=O)O1)NC(=O)OC(C)(C)C)C(=O)NS(=O)(=O)C1CC1. The molecule has 4 N–H and O–H groups in total. The van der Waals surface area contributed by atoms with Gasteiger partial charge in [0.2, 0.25) is 21.8 Å². The van der Waals surface area contributed by atoms with E-state index in [2.05, 4.69) is 27.3 Å². The van der Waals surface area contributed by atoms with E-state index in [0.29, 0.717) is 24.0 Å². The van der Waals surface area contributed by atoms with Crippen LogP contribution in [0.25, 0.3) is 0 Å². The van der Waals surface area contributed by atoms with E-state index in [1.54, 1.807) is 26.8 Å². The van der Waals surface area contributed by atoms with Crippen LogP contribution < -0.4 is 20.7 Å². The summed E-state index contributed by atoms with van der Waals surface area (Å²) >= 11 is 0. The number of fused-ring (bicyclic) bond motifs is 1. The molecule has 2 saturated heterocycles. The third-order valence-electron chi connectivity index (χ3n) is 10.4. The van der Waals surface area contributed by atoms with E-state index in [0.717, 1.165) is 4.90 Å². The summed E-state index contributed by atoms with van der Waals surface area (Å²) in [6.07, 6.45) is -1.97. The number of esters is 1. The van der Waals surface area contributed by atoms with Crippen molar-refractivity contribution in [3.8, 4) is 0 Å². The minimum Gasteiger partial charge on any atom is -0.452 e. The van der Waals surface area contributed by atoms with Crippen molar-refractivity contribution in [1.82, 2.24) is 30.5 Å². The van der Waals surface area contributed by atoms with Crippen molar-refractivity contribution in [2.24, 2.45) is 5.92 Å². The first-order chi connectivity index (χ1) is 26.8. The molecule has 18 nitrogen and oxygen atoms in total. The average Bonchev–Trinajstić information content (AvgIpc) is 3.95. The van der Waals surface area contributed by atoms with Crippen LogP contribution in [0.1, 0.15) is 76.8 Å². The molecule has 0 bridgehead atoms. The quantitative estimate of drug-likeness (QED) is 0.124. The van der Waals surface area contributed by atoms with Gasteiger partial charge in [-0.2, -0.15) is 0 Å². The van der Waals surface area contributed by atoms with Crippen LogP contribution in [0.3, 0.4) is 0 Å². The van der Waals surface area contributed by atoms with Gasteiger partial charge in [-0.1, -0.05) is 18.2 Å². The number of amides is 6. The van der Waals surface area contributed by atoms with Gasteiger partial charge in [-0.15, -0.1) is 6.58 Å².